The van der Waals surface area contributed by atoms with Crippen molar-refractivity contribution in [3.63, 3.8) is 0 Å². The maximum atomic E-state index is 12.1. The molecule has 2 atom stereocenters. The van der Waals surface area contributed by atoms with E-state index in [0.717, 1.165) is 10.9 Å². The molecule has 0 saturated carbocycles. The Bertz CT molecular complexity index is 633. The van der Waals surface area contributed by atoms with Gasteiger partial charge in [-0.25, -0.2) is 0 Å². The molecule has 106 valence electrons. The highest BCUT2D eigenvalue weighted by Crippen LogP contribution is 2.15. The SMILES string of the molecule is CC[C@H](C)[C@H](NC(=O)c1ccc2[nH]ccc2c1)C(=O)[O-]. The van der Waals surface area contributed by atoms with Crippen LogP contribution in [0.4, 0.5) is 0 Å². The standard InChI is InChI=1S/C15H18N2O3/c1-3-9(2)13(15(19)20)17-14(18)11-4-5-12-10(8-11)6-7-16-12/h4-9,13,16H,3H2,1-2H3,(H,17,18)(H,19,20)/p-1/t9-,13-/m0/s1. The van der Waals surface area contributed by atoms with Gasteiger partial charge in [0.25, 0.3) is 5.91 Å². The Morgan fingerprint density at radius 1 is 1.35 bits per heavy atom. The molecule has 0 bridgehead atoms. The van der Waals surface area contributed by atoms with Crippen molar-refractivity contribution >= 4 is 22.8 Å². The van der Waals surface area contributed by atoms with Crippen molar-refractivity contribution in [2.75, 3.05) is 0 Å². The summed E-state index contributed by atoms with van der Waals surface area (Å²) >= 11 is 0. The number of aromatic nitrogens is 1. The Morgan fingerprint density at radius 3 is 2.75 bits per heavy atom. The molecule has 0 spiro atoms. The van der Waals surface area contributed by atoms with Crippen LogP contribution in [0, 0.1) is 5.92 Å². The van der Waals surface area contributed by atoms with Gasteiger partial charge in [-0.3, -0.25) is 4.79 Å². The van der Waals surface area contributed by atoms with E-state index in [9.17, 15) is 14.7 Å². The number of aliphatic carboxylic acids is 1. The third-order valence-corrected chi connectivity index (χ3v) is 3.57. The first-order valence-corrected chi connectivity index (χ1v) is 6.61. The van der Waals surface area contributed by atoms with Gasteiger partial charge in [-0.15, -0.1) is 0 Å². The first-order chi connectivity index (χ1) is 9.52. The van der Waals surface area contributed by atoms with Crippen LogP contribution in [-0.2, 0) is 4.79 Å². The quantitative estimate of drug-likeness (QED) is 0.854. The topological polar surface area (TPSA) is 85.0 Å². The van der Waals surface area contributed by atoms with Crippen molar-refractivity contribution < 1.29 is 14.7 Å². The highest BCUT2D eigenvalue weighted by molar-refractivity contribution is 5.99. The molecule has 0 saturated heterocycles. The van der Waals surface area contributed by atoms with Crippen molar-refractivity contribution in [2.45, 2.75) is 26.3 Å². The monoisotopic (exact) mass is 273 g/mol. The van der Waals surface area contributed by atoms with Crippen LogP contribution in [0.1, 0.15) is 30.6 Å². The summed E-state index contributed by atoms with van der Waals surface area (Å²) in [4.78, 5) is 26.3. The van der Waals surface area contributed by atoms with Crippen LogP contribution >= 0.6 is 0 Å². The number of benzene rings is 1. The lowest BCUT2D eigenvalue weighted by atomic mass is 9.99. The van der Waals surface area contributed by atoms with Gasteiger partial charge in [0.05, 0.1) is 12.0 Å². The number of hydrogen-bond acceptors (Lipinski definition) is 3. The predicted molar refractivity (Wildman–Crippen MR) is 74.0 cm³/mol. The zero-order valence-corrected chi connectivity index (χ0v) is 11.5. The van der Waals surface area contributed by atoms with Crippen molar-refractivity contribution in [3.8, 4) is 0 Å². The van der Waals surface area contributed by atoms with E-state index in [1.54, 1.807) is 31.3 Å². The highest BCUT2D eigenvalue weighted by Gasteiger charge is 2.20. The van der Waals surface area contributed by atoms with Crippen LogP contribution in [0.5, 0.6) is 0 Å². The van der Waals surface area contributed by atoms with Crippen molar-refractivity contribution in [3.05, 3.63) is 36.0 Å². The van der Waals surface area contributed by atoms with E-state index in [4.69, 9.17) is 0 Å². The van der Waals surface area contributed by atoms with Crippen molar-refractivity contribution in [1.82, 2.24) is 10.3 Å². The number of rotatable bonds is 5. The zero-order chi connectivity index (χ0) is 14.7. The van der Waals surface area contributed by atoms with Crippen LogP contribution in [-0.4, -0.2) is 22.9 Å². The second-order valence-corrected chi connectivity index (χ2v) is 4.94. The molecular formula is C15H17N2O3-. The number of H-pyrrole nitrogens is 1. The second kappa shape index (κ2) is 5.77. The molecule has 0 fully saturated rings. The highest BCUT2D eigenvalue weighted by atomic mass is 16.4. The van der Waals surface area contributed by atoms with E-state index >= 15 is 0 Å². The zero-order valence-electron chi connectivity index (χ0n) is 11.5. The summed E-state index contributed by atoms with van der Waals surface area (Å²) in [5.41, 5.74) is 1.37. The van der Waals surface area contributed by atoms with Gasteiger partial charge >= 0.3 is 0 Å². The fraction of sp³-hybridized carbons (Fsp3) is 0.333. The number of carboxylic acid groups (broad SMARTS) is 1. The van der Waals surface area contributed by atoms with Gasteiger partial charge in [0.1, 0.15) is 0 Å². The minimum absolute atomic E-state index is 0.181. The Kier molecular flexibility index (Phi) is 4.08. The van der Waals surface area contributed by atoms with Crippen LogP contribution < -0.4 is 10.4 Å². The lowest BCUT2D eigenvalue weighted by molar-refractivity contribution is -0.309. The number of hydrogen-bond donors (Lipinski definition) is 2. The van der Waals surface area contributed by atoms with Crippen molar-refractivity contribution in [2.24, 2.45) is 5.92 Å². The van der Waals surface area contributed by atoms with Gasteiger partial charge in [-0.05, 0) is 30.2 Å². The first kappa shape index (κ1) is 14.1. The summed E-state index contributed by atoms with van der Waals surface area (Å²) in [5, 5.41) is 14.5. The molecule has 0 aliphatic rings. The summed E-state index contributed by atoms with van der Waals surface area (Å²) in [6.07, 6.45) is 2.44. The molecule has 2 N–H and O–H groups in total. The largest absolute Gasteiger partial charge is 0.548 e. The molecule has 1 aromatic heterocycles. The molecule has 0 unspecified atom stereocenters. The lowest BCUT2D eigenvalue weighted by Crippen LogP contribution is -2.51. The molecule has 1 amide bonds. The number of fused-ring (bicyclic) bond motifs is 1. The molecule has 0 aliphatic heterocycles. The van der Waals surface area contributed by atoms with Gasteiger partial charge in [0, 0.05) is 22.7 Å². The smallest absolute Gasteiger partial charge is 0.251 e. The van der Waals surface area contributed by atoms with E-state index in [1.165, 1.54) is 0 Å². The number of aromatic amines is 1. The normalized spacial score (nSPS) is 13.9. The maximum Gasteiger partial charge on any atom is 0.251 e. The molecule has 2 aromatic rings. The second-order valence-electron chi connectivity index (χ2n) is 4.94. The van der Waals surface area contributed by atoms with E-state index in [2.05, 4.69) is 10.3 Å². The average Bonchev–Trinajstić information content (AvgIpc) is 2.90. The van der Waals surface area contributed by atoms with Gasteiger partial charge in [-0.2, -0.15) is 0 Å². The molecule has 1 aromatic carbocycles. The van der Waals surface area contributed by atoms with E-state index in [1.807, 2.05) is 13.0 Å². The van der Waals surface area contributed by atoms with Gasteiger partial charge in [-0.1, -0.05) is 20.3 Å². The van der Waals surface area contributed by atoms with Crippen LogP contribution in [0.2, 0.25) is 0 Å². The molecule has 2 rings (SSSR count). The Morgan fingerprint density at radius 2 is 2.10 bits per heavy atom. The predicted octanol–water partition coefficient (Wildman–Crippen LogP) is 1.06. The summed E-state index contributed by atoms with van der Waals surface area (Å²) < 4.78 is 0. The minimum atomic E-state index is -1.25. The minimum Gasteiger partial charge on any atom is -0.548 e. The maximum absolute atomic E-state index is 12.1. The lowest BCUT2D eigenvalue weighted by Gasteiger charge is -2.25. The van der Waals surface area contributed by atoms with Crippen LogP contribution in [0.15, 0.2) is 30.5 Å². The van der Waals surface area contributed by atoms with Gasteiger partial charge < -0.3 is 20.2 Å². The summed E-state index contributed by atoms with van der Waals surface area (Å²) in [5.74, 6) is -1.84. The van der Waals surface area contributed by atoms with Crippen molar-refractivity contribution in [1.29, 1.82) is 0 Å². The average molecular weight is 273 g/mol. The third kappa shape index (κ3) is 2.82. The van der Waals surface area contributed by atoms with Crippen LogP contribution in [0.25, 0.3) is 10.9 Å². The molecule has 20 heavy (non-hydrogen) atoms. The Balaban J connectivity index is 2.19. The van der Waals surface area contributed by atoms with Gasteiger partial charge in [0.2, 0.25) is 0 Å². The molecule has 5 nitrogen and oxygen atoms in total. The number of carbonyl (C=O) groups is 2. The molecule has 0 radical (unpaired) electrons. The fourth-order valence-electron chi connectivity index (χ4n) is 2.09. The first-order valence-electron chi connectivity index (χ1n) is 6.61. The van der Waals surface area contributed by atoms with Crippen LogP contribution in [0.3, 0.4) is 0 Å². The molecule has 0 aliphatic carbocycles. The number of amides is 1. The Hall–Kier alpha value is -2.30. The van der Waals surface area contributed by atoms with E-state index in [-0.39, 0.29) is 5.92 Å². The fourth-order valence-corrected chi connectivity index (χ4v) is 2.09. The summed E-state index contributed by atoms with van der Waals surface area (Å²) in [6, 6.07) is 6.06. The number of nitrogens with one attached hydrogen (secondary N) is 2. The van der Waals surface area contributed by atoms with E-state index in [0.29, 0.717) is 12.0 Å². The third-order valence-electron chi connectivity index (χ3n) is 3.57. The molecule has 1 heterocycles. The Labute approximate surface area is 117 Å². The summed E-state index contributed by atoms with van der Waals surface area (Å²) in [6.45, 7) is 3.65. The van der Waals surface area contributed by atoms with Gasteiger partial charge in [0.15, 0.2) is 0 Å². The van der Waals surface area contributed by atoms with E-state index < -0.39 is 17.9 Å². The number of carbonyl (C=O) groups excluding carboxylic acids is 2. The molecule has 5 heteroatoms. The number of carboxylic acids is 1. The molecular weight excluding hydrogens is 256 g/mol. The summed E-state index contributed by atoms with van der Waals surface area (Å²) in [7, 11) is 0.